The van der Waals surface area contributed by atoms with E-state index in [9.17, 15) is 8.42 Å². The molecule has 0 unspecified atom stereocenters. The molecule has 108 valence electrons. The van der Waals surface area contributed by atoms with Gasteiger partial charge in [-0.3, -0.25) is 0 Å². The molecule has 0 aromatic carbocycles. The van der Waals surface area contributed by atoms with Gasteiger partial charge in [0.2, 0.25) is 10.0 Å². The minimum Gasteiger partial charge on any atom is -0.326 e. The van der Waals surface area contributed by atoms with E-state index in [-0.39, 0.29) is 12.6 Å². The molecule has 7 heteroatoms. The van der Waals surface area contributed by atoms with Crippen molar-refractivity contribution in [3.05, 3.63) is 16.3 Å². The van der Waals surface area contributed by atoms with Crippen LogP contribution in [0.5, 0.6) is 0 Å². The highest BCUT2D eigenvalue weighted by Crippen LogP contribution is 2.28. The number of nitrogens with two attached hydrogens (primary N) is 1. The van der Waals surface area contributed by atoms with Crippen molar-refractivity contribution in [2.75, 3.05) is 6.26 Å². The van der Waals surface area contributed by atoms with Gasteiger partial charge < -0.3 is 5.73 Å². The topological polar surface area (TPSA) is 72.2 Å². The first-order chi connectivity index (χ1) is 9.06. The van der Waals surface area contributed by atoms with Gasteiger partial charge in [-0.15, -0.1) is 11.3 Å². The fourth-order valence-corrected chi connectivity index (χ4v) is 5.80. The lowest BCUT2D eigenvalue weighted by Gasteiger charge is -2.27. The molecule has 0 amide bonds. The van der Waals surface area contributed by atoms with Crippen molar-refractivity contribution < 1.29 is 8.42 Å². The maximum absolute atomic E-state index is 12.3. The van der Waals surface area contributed by atoms with E-state index in [1.54, 1.807) is 11.4 Å². The summed E-state index contributed by atoms with van der Waals surface area (Å²) in [7, 11) is -3.41. The molecule has 1 saturated carbocycles. The Morgan fingerprint density at radius 1 is 1.42 bits per heavy atom. The Balaban J connectivity index is 2.02. The van der Waals surface area contributed by atoms with Crippen molar-refractivity contribution in [3.8, 4) is 0 Å². The van der Waals surface area contributed by atoms with Gasteiger partial charge in [-0.25, -0.2) is 13.1 Å². The lowest BCUT2D eigenvalue weighted by atomic mass is 9.96. The molecule has 2 rings (SSSR count). The van der Waals surface area contributed by atoms with Crippen molar-refractivity contribution in [2.24, 2.45) is 5.73 Å². The third-order valence-electron chi connectivity index (χ3n) is 3.51. The molecule has 1 aromatic rings. The van der Waals surface area contributed by atoms with Crippen molar-refractivity contribution in [2.45, 2.75) is 48.4 Å². The number of sulfonamides is 1. The molecule has 1 aliphatic carbocycles. The van der Waals surface area contributed by atoms with Gasteiger partial charge in [-0.05, 0) is 43.4 Å². The molecular weight excluding hydrogens is 300 g/mol. The van der Waals surface area contributed by atoms with Crippen LogP contribution in [0.15, 0.2) is 16.3 Å². The molecule has 4 nitrogen and oxygen atoms in total. The maximum atomic E-state index is 12.3. The Labute approximate surface area is 123 Å². The summed E-state index contributed by atoms with van der Waals surface area (Å²) in [5, 5.41) is 2.46. The smallest absolute Gasteiger partial charge is 0.241 e. The molecule has 0 aliphatic heterocycles. The second-order valence-electron chi connectivity index (χ2n) is 4.74. The Hall–Kier alpha value is -0.0800. The molecule has 1 heterocycles. The van der Waals surface area contributed by atoms with Gasteiger partial charge in [-0.2, -0.15) is 11.8 Å². The molecule has 1 fully saturated rings. The highest BCUT2D eigenvalue weighted by atomic mass is 32.2. The van der Waals surface area contributed by atoms with Crippen LogP contribution < -0.4 is 10.5 Å². The van der Waals surface area contributed by atoms with Crippen LogP contribution in [-0.4, -0.2) is 26.0 Å². The molecule has 1 aromatic heterocycles. The largest absolute Gasteiger partial charge is 0.326 e. The summed E-state index contributed by atoms with van der Waals surface area (Å²) in [4.78, 5) is 1.08. The maximum Gasteiger partial charge on any atom is 0.241 e. The number of rotatable bonds is 5. The molecule has 3 N–H and O–H groups in total. The fraction of sp³-hybridized carbons (Fsp3) is 0.667. The van der Waals surface area contributed by atoms with Crippen molar-refractivity contribution in [3.63, 3.8) is 0 Å². The average molecular weight is 321 g/mol. The summed E-state index contributed by atoms with van der Waals surface area (Å²) in [6.07, 6.45) is 6.14. The lowest BCUT2D eigenvalue weighted by Crippen LogP contribution is -2.38. The molecule has 19 heavy (non-hydrogen) atoms. The predicted octanol–water partition coefficient (Wildman–Crippen LogP) is 2.16. The van der Waals surface area contributed by atoms with Crippen LogP contribution in [0.4, 0.5) is 0 Å². The number of hydrogen-bond donors (Lipinski definition) is 2. The fourth-order valence-electron chi connectivity index (χ4n) is 2.42. The highest BCUT2D eigenvalue weighted by Gasteiger charge is 2.26. The Kier molecular flexibility index (Phi) is 5.30. The van der Waals surface area contributed by atoms with E-state index in [2.05, 4.69) is 11.0 Å². The van der Waals surface area contributed by atoms with E-state index in [0.717, 1.165) is 30.6 Å². The summed E-state index contributed by atoms with van der Waals surface area (Å²) >= 11 is 3.27. The Morgan fingerprint density at radius 3 is 2.68 bits per heavy atom. The highest BCUT2D eigenvalue weighted by molar-refractivity contribution is 7.99. The SMILES string of the molecule is CSC1CCC(NS(=O)(=O)c2ccsc2CN)CC1. The van der Waals surface area contributed by atoms with Gasteiger partial charge >= 0.3 is 0 Å². The minimum atomic E-state index is -3.41. The van der Waals surface area contributed by atoms with Crippen LogP contribution in [0.25, 0.3) is 0 Å². The average Bonchev–Trinajstić information content (AvgIpc) is 2.88. The first kappa shape index (κ1) is 15.3. The molecule has 0 radical (unpaired) electrons. The predicted molar refractivity (Wildman–Crippen MR) is 82.1 cm³/mol. The summed E-state index contributed by atoms with van der Waals surface area (Å²) in [6.45, 7) is 0.271. The normalized spacial score (nSPS) is 24.5. The summed E-state index contributed by atoms with van der Waals surface area (Å²) in [5.74, 6) is 0. The molecular formula is C12H20N2O2S3. The standard InChI is InChI=1S/C12H20N2O2S3/c1-17-10-4-2-9(3-5-10)14-19(15,16)12-6-7-18-11(12)8-13/h6-7,9-10,14H,2-5,8,13H2,1H3. The van der Waals surface area contributed by atoms with E-state index < -0.39 is 10.0 Å². The monoisotopic (exact) mass is 320 g/mol. The summed E-state index contributed by atoms with van der Waals surface area (Å²) < 4.78 is 27.5. The number of hydrogen-bond acceptors (Lipinski definition) is 5. The number of nitrogens with one attached hydrogen (secondary N) is 1. The van der Waals surface area contributed by atoms with E-state index in [0.29, 0.717) is 10.1 Å². The minimum absolute atomic E-state index is 0.0684. The van der Waals surface area contributed by atoms with E-state index >= 15 is 0 Å². The van der Waals surface area contributed by atoms with Crippen molar-refractivity contribution in [1.82, 2.24) is 4.72 Å². The van der Waals surface area contributed by atoms with E-state index in [1.165, 1.54) is 11.3 Å². The Morgan fingerprint density at radius 2 is 2.11 bits per heavy atom. The van der Waals surface area contributed by atoms with Gasteiger partial charge in [-0.1, -0.05) is 0 Å². The van der Waals surface area contributed by atoms with Crippen LogP contribution in [0, 0.1) is 0 Å². The van der Waals surface area contributed by atoms with Gasteiger partial charge in [0.15, 0.2) is 0 Å². The molecule has 0 saturated heterocycles. The second kappa shape index (κ2) is 6.58. The van der Waals surface area contributed by atoms with E-state index in [4.69, 9.17) is 5.73 Å². The van der Waals surface area contributed by atoms with Gasteiger partial charge in [0.1, 0.15) is 0 Å². The number of thioether (sulfide) groups is 1. The van der Waals surface area contributed by atoms with Gasteiger partial charge in [0, 0.05) is 22.7 Å². The molecule has 0 spiro atoms. The quantitative estimate of drug-likeness (QED) is 0.872. The zero-order valence-electron chi connectivity index (χ0n) is 11.0. The second-order valence-corrected chi connectivity index (χ2v) is 8.56. The zero-order chi connectivity index (χ0) is 13.9. The third kappa shape index (κ3) is 3.72. The van der Waals surface area contributed by atoms with Gasteiger partial charge in [0.25, 0.3) is 0 Å². The van der Waals surface area contributed by atoms with E-state index in [1.807, 2.05) is 11.8 Å². The Bertz CT molecular complexity index is 505. The third-order valence-corrected chi connectivity index (χ3v) is 7.32. The van der Waals surface area contributed by atoms with Gasteiger partial charge in [0.05, 0.1) is 4.90 Å². The molecule has 0 atom stereocenters. The summed E-state index contributed by atoms with van der Waals surface area (Å²) in [6, 6.07) is 1.71. The molecule has 0 bridgehead atoms. The lowest BCUT2D eigenvalue weighted by molar-refractivity contribution is 0.420. The van der Waals surface area contributed by atoms with Crippen molar-refractivity contribution in [1.29, 1.82) is 0 Å². The van der Waals surface area contributed by atoms with Crippen LogP contribution >= 0.6 is 23.1 Å². The summed E-state index contributed by atoms with van der Waals surface area (Å²) in [5.41, 5.74) is 5.58. The van der Waals surface area contributed by atoms with Crippen molar-refractivity contribution >= 4 is 33.1 Å². The van der Waals surface area contributed by atoms with Crippen LogP contribution in [-0.2, 0) is 16.6 Å². The first-order valence-electron chi connectivity index (χ1n) is 6.38. The first-order valence-corrected chi connectivity index (χ1v) is 10.0. The zero-order valence-corrected chi connectivity index (χ0v) is 13.4. The van der Waals surface area contributed by atoms with Crippen LogP contribution in [0.1, 0.15) is 30.6 Å². The van der Waals surface area contributed by atoms with Crippen LogP contribution in [0.3, 0.4) is 0 Å². The van der Waals surface area contributed by atoms with Crippen LogP contribution in [0.2, 0.25) is 0 Å². The number of thiophene rings is 1. The molecule has 1 aliphatic rings.